The normalized spacial score (nSPS) is 11.9. The van der Waals surface area contributed by atoms with Crippen LogP contribution in [0.25, 0.3) is 0 Å². The van der Waals surface area contributed by atoms with Gasteiger partial charge in [-0.15, -0.1) is 0 Å². The molecule has 0 radical (unpaired) electrons. The van der Waals surface area contributed by atoms with Crippen LogP contribution >= 0.6 is 0 Å². The molecule has 0 spiro atoms. The molecule has 0 atom stereocenters. The van der Waals surface area contributed by atoms with Crippen LogP contribution in [0.15, 0.2) is 48.5 Å². The maximum Gasteiger partial charge on any atom is -0.00256 e. The first-order valence-electron chi connectivity index (χ1n) is 9.03. The maximum atomic E-state index is 2.40. The molecule has 0 heterocycles. The van der Waals surface area contributed by atoms with Gasteiger partial charge in [0.25, 0.3) is 0 Å². The number of rotatable bonds is 7. The lowest BCUT2D eigenvalue weighted by Gasteiger charge is -2.22. The second-order valence-corrected chi connectivity index (χ2v) is 8.11. The molecule has 0 bridgehead atoms. The van der Waals surface area contributed by atoms with Crippen LogP contribution in [0, 0.1) is 11.3 Å². The van der Waals surface area contributed by atoms with E-state index in [1.165, 1.54) is 35.1 Å². The molecule has 0 aliphatic rings. The van der Waals surface area contributed by atoms with Crippen LogP contribution in [-0.4, -0.2) is 0 Å². The molecule has 23 heavy (non-hydrogen) atoms. The highest BCUT2D eigenvalue weighted by atomic mass is 14.2. The summed E-state index contributed by atoms with van der Waals surface area (Å²) in [6.07, 6.45) is 4.57. The number of benzene rings is 2. The zero-order chi connectivity index (χ0) is 16.9. The molecule has 124 valence electrons. The van der Waals surface area contributed by atoms with Gasteiger partial charge in [-0.3, -0.25) is 0 Å². The molecule has 0 N–H and O–H groups in total. The van der Waals surface area contributed by atoms with Crippen molar-refractivity contribution in [3.05, 3.63) is 70.8 Å². The lowest BCUT2D eigenvalue weighted by molar-refractivity contribution is 0.349. The topological polar surface area (TPSA) is 0 Å². The monoisotopic (exact) mass is 308 g/mol. The highest BCUT2D eigenvalue weighted by Crippen LogP contribution is 2.26. The minimum Gasteiger partial charge on any atom is -0.0649 e. The Balaban J connectivity index is 2.11. The Morgan fingerprint density at radius 2 is 1.35 bits per heavy atom. The maximum absolute atomic E-state index is 2.40. The van der Waals surface area contributed by atoms with Crippen LogP contribution in [0.2, 0.25) is 0 Å². The first-order chi connectivity index (χ1) is 10.9. The van der Waals surface area contributed by atoms with Crippen molar-refractivity contribution in [1.82, 2.24) is 0 Å². The van der Waals surface area contributed by atoms with Crippen molar-refractivity contribution in [2.75, 3.05) is 0 Å². The summed E-state index contributed by atoms with van der Waals surface area (Å²) in [6, 6.07) is 18.2. The largest absolute Gasteiger partial charge is 0.0649 e. The fourth-order valence-corrected chi connectivity index (χ4v) is 3.10. The minimum atomic E-state index is 0.385. The van der Waals surface area contributed by atoms with Crippen molar-refractivity contribution in [3.8, 4) is 0 Å². The van der Waals surface area contributed by atoms with E-state index in [2.05, 4.69) is 83.1 Å². The molecule has 0 aliphatic carbocycles. The van der Waals surface area contributed by atoms with Gasteiger partial charge in [0, 0.05) is 0 Å². The molecule has 0 nitrogen and oxygen atoms in total. The van der Waals surface area contributed by atoms with Crippen molar-refractivity contribution in [2.45, 2.75) is 60.3 Å². The second-order valence-electron chi connectivity index (χ2n) is 8.11. The van der Waals surface area contributed by atoms with Gasteiger partial charge in [0.1, 0.15) is 0 Å². The van der Waals surface area contributed by atoms with Crippen LogP contribution < -0.4 is 0 Å². The molecule has 0 unspecified atom stereocenters. The molecule has 0 aliphatic heterocycles. The third-order valence-corrected chi connectivity index (χ3v) is 4.67. The predicted octanol–water partition coefficient (Wildman–Crippen LogP) is 6.45. The van der Waals surface area contributed by atoms with Crippen LogP contribution in [0.1, 0.15) is 63.3 Å². The van der Waals surface area contributed by atoms with Gasteiger partial charge in [0.2, 0.25) is 0 Å². The molecule has 0 aromatic heterocycles. The van der Waals surface area contributed by atoms with E-state index < -0.39 is 0 Å². The zero-order valence-corrected chi connectivity index (χ0v) is 15.5. The number of hydrogen-bond donors (Lipinski definition) is 0. The van der Waals surface area contributed by atoms with Gasteiger partial charge in [0.15, 0.2) is 0 Å². The van der Waals surface area contributed by atoms with E-state index in [1.54, 1.807) is 0 Å². The van der Waals surface area contributed by atoms with Gasteiger partial charge in [-0.2, -0.15) is 0 Å². The summed E-state index contributed by atoms with van der Waals surface area (Å²) >= 11 is 0. The summed E-state index contributed by atoms with van der Waals surface area (Å²) in [5.41, 5.74) is 6.16. The fourth-order valence-electron chi connectivity index (χ4n) is 3.10. The Labute approximate surface area is 143 Å². The van der Waals surface area contributed by atoms with Crippen molar-refractivity contribution in [3.63, 3.8) is 0 Å². The first kappa shape index (κ1) is 17.8. The molecule has 2 aromatic rings. The SMILES string of the molecule is CCC(C)(C)Cc1cccc(Cc2cccc(CC(C)C)c2)c1. The van der Waals surface area contributed by atoms with E-state index in [0.29, 0.717) is 11.3 Å². The molecule has 2 aromatic carbocycles. The van der Waals surface area contributed by atoms with Gasteiger partial charge in [0.05, 0.1) is 0 Å². The van der Waals surface area contributed by atoms with Crippen molar-refractivity contribution < 1.29 is 0 Å². The predicted molar refractivity (Wildman–Crippen MR) is 102 cm³/mol. The average Bonchev–Trinajstić information content (AvgIpc) is 2.47. The Morgan fingerprint density at radius 3 is 1.91 bits per heavy atom. The van der Waals surface area contributed by atoms with Crippen LogP contribution in [0.3, 0.4) is 0 Å². The highest BCUT2D eigenvalue weighted by molar-refractivity contribution is 5.32. The Bertz CT molecular complexity index is 619. The quantitative estimate of drug-likeness (QED) is 0.551. The van der Waals surface area contributed by atoms with E-state index in [9.17, 15) is 0 Å². The van der Waals surface area contributed by atoms with Gasteiger partial charge in [-0.1, -0.05) is 89.6 Å². The molecule has 0 saturated carbocycles. The summed E-state index contributed by atoms with van der Waals surface area (Å²) < 4.78 is 0. The summed E-state index contributed by atoms with van der Waals surface area (Å²) in [4.78, 5) is 0. The highest BCUT2D eigenvalue weighted by Gasteiger charge is 2.15. The zero-order valence-electron chi connectivity index (χ0n) is 15.5. The van der Waals surface area contributed by atoms with Crippen molar-refractivity contribution in [2.24, 2.45) is 11.3 Å². The van der Waals surface area contributed by atoms with Crippen LogP contribution in [0.4, 0.5) is 0 Å². The van der Waals surface area contributed by atoms with Gasteiger partial charge in [-0.05, 0) is 52.8 Å². The Kier molecular flexibility index (Phi) is 6.04. The van der Waals surface area contributed by atoms with Crippen molar-refractivity contribution >= 4 is 0 Å². The standard InChI is InChI=1S/C23H32/c1-6-23(4,5)17-22-12-8-11-21(16-22)15-20-10-7-9-19(14-20)13-18(2)3/h7-12,14,16,18H,6,13,15,17H2,1-5H3. The lowest BCUT2D eigenvalue weighted by atomic mass is 9.83. The molecular weight excluding hydrogens is 276 g/mol. The summed E-state index contributed by atoms with van der Waals surface area (Å²) in [5, 5.41) is 0. The minimum absolute atomic E-state index is 0.385. The van der Waals surface area contributed by atoms with Crippen LogP contribution in [-0.2, 0) is 19.3 Å². The smallest absolute Gasteiger partial charge is 0.00256 e. The van der Waals surface area contributed by atoms with Gasteiger partial charge in [-0.25, -0.2) is 0 Å². The third kappa shape index (κ3) is 5.86. The van der Waals surface area contributed by atoms with E-state index in [1.807, 2.05) is 0 Å². The van der Waals surface area contributed by atoms with Crippen LogP contribution in [0.5, 0.6) is 0 Å². The second kappa shape index (κ2) is 7.81. The summed E-state index contributed by atoms with van der Waals surface area (Å²) in [5.74, 6) is 0.713. The Morgan fingerprint density at radius 1 is 0.826 bits per heavy atom. The first-order valence-corrected chi connectivity index (χ1v) is 9.03. The average molecular weight is 309 g/mol. The third-order valence-electron chi connectivity index (χ3n) is 4.67. The Hall–Kier alpha value is -1.56. The van der Waals surface area contributed by atoms with Crippen molar-refractivity contribution in [1.29, 1.82) is 0 Å². The molecule has 0 heteroatoms. The van der Waals surface area contributed by atoms with Gasteiger partial charge < -0.3 is 0 Å². The van der Waals surface area contributed by atoms with E-state index in [0.717, 1.165) is 12.8 Å². The summed E-state index contributed by atoms with van der Waals surface area (Å²) in [6.45, 7) is 11.6. The number of hydrogen-bond acceptors (Lipinski definition) is 0. The molecule has 2 rings (SSSR count). The lowest BCUT2D eigenvalue weighted by Crippen LogP contribution is -2.13. The molecule has 0 fully saturated rings. The van der Waals surface area contributed by atoms with E-state index in [4.69, 9.17) is 0 Å². The summed E-state index contributed by atoms with van der Waals surface area (Å²) in [7, 11) is 0. The van der Waals surface area contributed by atoms with Gasteiger partial charge >= 0.3 is 0 Å². The molecular formula is C23H32. The fraction of sp³-hybridized carbons (Fsp3) is 0.478. The molecule has 0 amide bonds. The molecule has 0 saturated heterocycles. The van der Waals surface area contributed by atoms with E-state index >= 15 is 0 Å². The van der Waals surface area contributed by atoms with E-state index in [-0.39, 0.29) is 0 Å².